The molecule has 0 radical (unpaired) electrons. The maximum Gasteiger partial charge on any atom is 0.338 e. The number of para-hydroxylation sites is 1. The van der Waals surface area contributed by atoms with Gasteiger partial charge in [-0.2, -0.15) is 5.10 Å². The van der Waals surface area contributed by atoms with E-state index in [0.29, 0.717) is 12.1 Å². The smallest absolute Gasteiger partial charge is 0.338 e. The van der Waals surface area contributed by atoms with Gasteiger partial charge in [0.1, 0.15) is 17.7 Å². The number of amides is 1. The van der Waals surface area contributed by atoms with E-state index >= 15 is 0 Å². The van der Waals surface area contributed by atoms with Gasteiger partial charge in [-0.05, 0) is 36.4 Å². The Morgan fingerprint density at radius 1 is 1.14 bits per heavy atom. The molecule has 2 aromatic carbocycles. The number of thiazole rings is 1. The normalized spacial score (nSPS) is 10.8. The molecule has 1 amide bonds. The molecule has 4 rings (SSSR count). The van der Waals surface area contributed by atoms with Crippen LogP contribution in [0.15, 0.2) is 61.2 Å². The van der Waals surface area contributed by atoms with Gasteiger partial charge < -0.3 is 9.64 Å². The number of rotatable bonds is 6. The summed E-state index contributed by atoms with van der Waals surface area (Å²) in [6.07, 6.45) is 2.99. The van der Waals surface area contributed by atoms with Crippen LogP contribution in [-0.2, 0) is 16.1 Å². The molecule has 0 bridgehead atoms. The molecule has 0 unspecified atom stereocenters. The van der Waals surface area contributed by atoms with Gasteiger partial charge in [-0.25, -0.2) is 19.4 Å². The summed E-state index contributed by atoms with van der Waals surface area (Å²) in [5.74, 6) is -0.853. The summed E-state index contributed by atoms with van der Waals surface area (Å²) < 4.78 is 7.81. The summed E-state index contributed by atoms with van der Waals surface area (Å²) in [6, 6.07) is 14.5. The number of hydrogen-bond donors (Lipinski definition) is 0. The number of carbonyl (C=O) groups excluding carboxylic acids is 2. The van der Waals surface area contributed by atoms with E-state index in [0.717, 1.165) is 20.9 Å². The Morgan fingerprint density at radius 3 is 2.66 bits per heavy atom. The monoisotopic (exact) mass is 407 g/mol. The Bertz CT molecular complexity index is 1110. The predicted molar refractivity (Wildman–Crippen MR) is 108 cm³/mol. The number of fused-ring (bicyclic) bond motifs is 1. The lowest BCUT2D eigenvalue weighted by molar-refractivity contribution is -0.133. The highest BCUT2D eigenvalue weighted by atomic mass is 32.1. The maximum absolute atomic E-state index is 12.3. The van der Waals surface area contributed by atoms with Crippen LogP contribution < -0.4 is 0 Å². The van der Waals surface area contributed by atoms with Crippen molar-refractivity contribution in [3.05, 3.63) is 71.8 Å². The molecule has 4 aromatic rings. The molecular formula is C20H17N5O3S. The van der Waals surface area contributed by atoms with E-state index in [9.17, 15) is 9.59 Å². The van der Waals surface area contributed by atoms with Gasteiger partial charge in [-0.3, -0.25) is 4.79 Å². The number of hydrogen-bond acceptors (Lipinski definition) is 7. The summed E-state index contributed by atoms with van der Waals surface area (Å²) in [4.78, 5) is 34.4. The molecule has 0 aliphatic heterocycles. The van der Waals surface area contributed by atoms with Gasteiger partial charge in [-0.15, -0.1) is 11.3 Å². The third-order valence-electron chi connectivity index (χ3n) is 4.25. The molecule has 0 spiro atoms. The van der Waals surface area contributed by atoms with Gasteiger partial charge in [0.25, 0.3) is 5.91 Å². The van der Waals surface area contributed by atoms with Crippen molar-refractivity contribution in [2.45, 2.75) is 6.54 Å². The lowest BCUT2D eigenvalue weighted by Gasteiger charge is -2.15. The van der Waals surface area contributed by atoms with E-state index in [1.54, 1.807) is 53.7 Å². The SMILES string of the molecule is CN(Cc1nc2ccccc2s1)C(=O)COC(=O)c1ccc(-n2cncn2)cc1. The third-order valence-corrected chi connectivity index (χ3v) is 5.27. The highest BCUT2D eigenvalue weighted by Gasteiger charge is 2.15. The van der Waals surface area contributed by atoms with Crippen LogP contribution in [0, 0.1) is 0 Å². The molecule has 0 saturated carbocycles. The van der Waals surface area contributed by atoms with Crippen molar-refractivity contribution in [3.8, 4) is 5.69 Å². The Labute approximate surface area is 170 Å². The van der Waals surface area contributed by atoms with Crippen LogP contribution in [-0.4, -0.2) is 50.2 Å². The zero-order chi connectivity index (χ0) is 20.2. The largest absolute Gasteiger partial charge is 0.452 e. The van der Waals surface area contributed by atoms with E-state index in [-0.39, 0.29) is 12.5 Å². The average Bonchev–Trinajstić information content (AvgIpc) is 3.41. The molecule has 9 heteroatoms. The van der Waals surface area contributed by atoms with Crippen molar-refractivity contribution >= 4 is 33.4 Å². The first-order chi connectivity index (χ1) is 14.1. The zero-order valence-corrected chi connectivity index (χ0v) is 16.4. The maximum atomic E-state index is 12.3. The molecule has 0 fully saturated rings. The Kier molecular flexibility index (Phi) is 5.30. The van der Waals surface area contributed by atoms with Crippen molar-refractivity contribution in [1.29, 1.82) is 0 Å². The average molecular weight is 407 g/mol. The highest BCUT2D eigenvalue weighted by Crippen LogP contribution is 2.22. The van der Waals surface area contributed by atoms with Gasteiger partial charge in [0.15, 0.2) is 6.61 Å². The fourth-order valence-corrected chi connectivity index (χ4v) is 3.71. The van der Waals surface area contributed by atoms with Crippen LogP contribution in [0.3, 0.4) is 0 Å². The first-order valence-electron chi connectivity index (χ1n) is 8.81. The molecular weight excluding hydrogens is 390 g/mol. The fourth-order valence-electron chi connectivity index (χ4n) is 2.69. The molecule has 0 aliphatic rings. The molecule has 2 aromatic heterocycles. The summed E-state index contributed by atoms with van der Waals surface area (Å²) in [6.45, 7) is 0.0351. The van der Waals surface area contributed by atoms with Gasteiger partial charge >= 0.3 is 5.97 Å². The van der Waals surface area contributed by atoms with E-state index in [2.05, 4.69) is 15.1 Å². The molecule has 146 valence electrons. The number of nitrogens with zero attached hydrogens (tertiary/aromatic N) is 5. The molecule has 0 N–H and O–H groups in total. The van der Waals surface area contributed by atoms with Crippen molar-refractivity contribution in [3.63, 3.8) is 0 Å². The van der Waals surface area contributed by atoms with Crippen LogP contribution in [0.2, 0.25) is 0 Å². The number of aromatic nitrogens is 4. The highest BCUT2D eigenvalue weighted by molar-refractivity contribution is 7.18. The van der Waals surface area contributed by atoms with Crippen LogP contribution in [0.5, 0.6) is 0 Å². The van der Waals surface area contributed by atoms with Gasteiger partial charge in [-0.1, -0.05) is 12.1 Å². The number of ether oxygens (including phenoxy) is 1. The first-order valence-corrected chi connectivity index (χ1v) is 9.62. The van der Waals surface area contributed by atoms with Gasteiger partial charge in [0.05, 0.1) is 28.0 Å². The molecule has 0 aliphatic carbocycles. The zero-order valence-electron chi connectivity index (χ0n) is 15.6. The second-order valence-corrected chi connectivity index (χ2v) is 7.40. The third kappa shape index (κ3) is 4.30. The van der Waals surface area contributed by atoms with Crippen molar-refractivity contribution < 1.29 is 14.3 Å². The van der Waals surface area contributed by atoms with E-state index in [1.807, 2.05) is 24.3 Å². The van der Waals surface area contributed by atoms with Crippen molar-refractivity contribution in [1.82, 2.24) is 24.6 Å². The molecule has 8 nitrogen and oxygen atoms in total. The minimum Gasteiger partial charge on any atom is -0.452 e. The van der Waals surface area contributed by atoms with Crippen molar-refractivity contribution in [2.24, 2.45) is 0 Å². The Morgan fingerprint density at radius 2 is 1.93 bits per heavy atom. The van der Waals surface area contributed by atoms with Crippen molar-refractivity contribution in [2.75, 3.05) is 13.7 Å². The fraction of sp³-hybridized carbons (Fsp3) is 0.150. The quantitative estimate of drug-likeness (QED) is 0.457. The van der Waals surface area contributed by atoms with Crippen LogP contribution >= 0.6 is 11.3 Å². The molecule has 29 heavy (non-hydrogen) atoms. The number of carbonyl (C=O) groups is 2. The summed E-state index contributed by atoms with van der Waals surface area (Å²) >= 11 is 1.54. The number of esters is 1. The minimum atomic E-state index is -0.558. The summed E-state index contributed by atoms with van der Waals surface area (Å²) in [7, 11) is 1.66. The Balaban J connectivity index is 1.31. The van der Waals surface area contributed by atoms with Crippen LogP contribution in [0.25, 0.3) is 15.9 Å². The molecule has 2 heterocycles. The molecule has 0 atom stereocenters. The van der Waals surface area contributed by atoms with Gasteiger partial charge in [0, 0.05) is 7.05 Å². The lowest BCUT2D eigenvalue weighted by atomic mass is 10.2. The number of benzene rings is 2. The molecule has 0 saturated heterocycles. The topological polar surface area (TPSA) is 90.2 Å². The first kappa shape index (κ1) is 18.8. The summed E-state index contributed by atoms with van der Waals surface area (Å²) in [5, 5.41) is 4.85. The summed E-state index contributed by atoms with van der Waals surface area (Å²) in [5.41, 5.74) is 2.04. The van der Waals surface area contributed by atoms with E-state index in [1.165, 1.54) is 11.2 Å². The van der Waals surface area contributed by atoms with E-state index < -0.39 is 5.97 Å². The standard InChI is InChI=1S/C20H17N5O3S/c1-24(10-18-23-16-4-2-3-5-17(16)29-18)19(26)11-28-20(27)14-6-8-15(9-7-14)25-13-21-12-22-25/h2-9,12-13H,10-11H2,1H3. The van der Waals surface area contributed by atoms with E-state index in [4.69, 9.17) is 4.74 Å². The van der Waals surface area contributed by atoms with Crippen LogP contribution in [0.4, 0.5) is 0 Å². The van der Waals surface area contributed by atoms with Gasteiger partial charge in [0.2, 0.25) is 0 Å². The lowest BCUT2D eigenvalue weighted by Crippen LogP contribution is -2.30. The number of likely N-dealkylation sites (N-methyl/N-ethyl adjacent to an activating group) is 1. The van der Waals surface area contributed by atoms with Crippen LogP contribution in [0.1, 0.15) is 15.4 Å². The second-order valence-electron chi connectivity index (χ2n) is 6.29. The second kappa shape index (κ2) is 8.19. The Hall–Kier alpha value is -3.59. The predicted octanol–water partition coefficient (Wildman–Crippen LogP) is 2.69. The minimum absolute atomic E-state index is 0.295.